The summed E-state index contributed by atoms with van der Waals surface area (Å²) in [6.45, 7) is 3.08. The molecular weight excluding hydrogens is 538 g/mol. The first-order valence-electron chi connectivity index (χ1n) is 13.7. The van der Waals surface area contributed by atoms with Crippen molar-refractivity contribution in [3.63, 3.8) is 0 Å². The Bertz CT molecular complexity index is 1340. The maximum atomic E-state index is 12.5. The molecule has 1 atom stereocenters. The molecule has 222 valence electrons. The van der Waals surface area contributed by atoms with E-state index in [9.17, 15) is 29.4 Å². The molecule has 0 aromatic heterocycles. The molecule has 0 radical (unpaired) electrons. The van der Waals surface area contributed by atoms with Crippen LogP contribution in [0.3, 0.4) is 0 Å². The summed E-state index contributed by atoms with van der Waals surface area (Å²) in [5.74, 6) is -0.978. The van der Waals surface area contributed by atoms with Crippen molar-refractivity contribution < 1.29 is 34.1 Å². The van der Waals surface area contributed by atoms with Crippen LogP contribution in [0.2, 0.25) is 0 Å². The van der Waals surface area contributed by atoms with Gasteiger partial charge in [0.05, 0.1) is 6.61 Å². The van der Waals surface area contributed by atoms with E-state index in [1.54, 1.807) is 24.3 Å². The maximum absolute atomic E-state index is 12.5. The lowest BCUT2D eigenvalue weighted by Gasteiger charge is -2.27. The summed E-state index contributed by atoms with van der Waals surface area (Å²) in [6.07, 6.45) is -1.04. The molecule has 3 aromatic carbocycles. The Morgan fingerprint density at radius 1 is 0.786 bits per heavy atom. The fourth-order valence-electron chi connectivity index (χ4n) is 3.78. The summed E-state index contributed by atoms with van der Waals surface area (Å²) in [7, 11) is 0. The number of aliphatic hydroxyl groups is 2. The highest BCUT2D eigenvalue weighted by atomic mass is 16.5. The van der Waals surface area contributed by atoms with Gasteiger partial charge in [0.1, 0.15) is 17.6 Å². The van der Waals surface area contributed by atoms with Gasteiger partial charge in [0.25, 0.3) is 11.8 Å². The molecule has 3 amide bonds. The van der Waals surface area contributed by atoms with Gasteiger partial charge in [-0.3, -0.25) is 19.2 Å². The normalized spacial score (nSPS) is 11.7. The fourth-order valence-corrected chi connectivity index (χ4v) is 3.78. The summed E-state index contributed by atoms with van der Waals surface area (Å²) in [4.78, 5) is 48.7. The number of amides is 3. The third-order valence-corrected chi connectivity index (χ3v) is 6.57. The molecule has 0 aliphatic heterocycles. The van der Waals surface area contributed by atoms with Crippen molar-refractivity contribution in [2.75, 3.05) is 19.7 Å². The van der Waals surface area contributed by atoms with E-state index < -0.39 is 35.7 Å². The van der Waals surface area contributed by atoms with E-state index in [1.807, 2.05) is 54.6 Å². The van der Waals surface area contributed by atoms with E-state index in [4.69, 9.17) is 4.74 Å². The van der Waals surface area contributed by atoms with Gasteiger partial charge in [-0.05, 0) is 53.9 Å². The lowest BCUT2D eigenvalue weighted by molar-refractivity contribution is -0.139. The molecule has 0 aliphatic rings. The predicted molar refractivity (Wildman–Crippen MR) is 157 cm³/mol. The maximum Gasteiger partial charge on any atom is 0.287 e. The Labute approximate surface area is 245 Å². The van der Waals surface area contributed by atoms with Crippen molar-refractivity contribution in [2.24, 2.45) is 5.41 Å². The van der Waals surface area contributed by atoms with Crippen LogP contribution >= 0.6 is 0 Å². The van der Waals surface area contributed by atoms with Crippen LogP contribution in [-0.2, 0) is 27.3 Å². The van der Waals surface area contributed by atoms with Crippen molar-refractivity contribution >= 4 is 23.5 Å². The average molecular weight is 576 g/mol. The fraction of sp³-hybridized carbons (Fsp3) is 0.312. The zero-order valence-electron chi connectivity index (χ0n) is 23.8. The number of carbonyl (C=O) groups is 4. The molecule has 3 rings (SSSR count). The molecule has 0 aliphatic carbocycles. The molecule has 0 spiro atoms. The molecule has 42 heavy (non-hydrogen) atoms. The predicted octanol–water partition coefficient (Wildman–Crippen LogP) is 2.52. The number of hydrogen-bond donors (Lipinski definition) is 5. The number of Topliss-reactive ketones (excluding diaryl/α,β-unsaturated/α-hetero) is 1. The minimum Gasteiger partial charge on any atom is -0.457 e. The summed E-state index contributed by atoms with van der Waals surface area (Å²) < 4.78 is 5.79. The van der Waals surface area contributed by atoms with Crippen molar-refractivity contribution in [2.45, 2.75) is 39.3 Å². The van der Waals surface area contributed by atoms with Gasteiger partial charge in [0, 0.05) is 37.0 Å². The van der Waals surface area contributed by atoms with Gasteiger partial charge in [0.2, 0.25) is 11.7 Å². The van der Waals surface area contributed by atoms with E-state index in [1.165, 1.54) is 13.8 Å². The number of aliphatic hydroxyl groups excluding tert-OH is 2. The molecule has 0 unspecified atom stereocenters. The number of carbonyl (C=O) groups excluding carboxylic acids is 4. The lowest BCUT2D eigenvalue weighted by Crippen LogP contribution is -2.46. The molecule has 3 aromatic rings. The van der Waals surface area contributed by atoms with Gasteiger partial charge in [-0.2, -0.15) is 0 Å². The Balaban J connectivity index is 1.35. The highest BCUT2D eigenvalue weighted by Gasteiger charge is 2.32. The summed E-state index contributed by atoms with van der Waals surface area (Å²) in [5, 5.41) is 27.0. The lowest BCUT2D eigenvalue weighted by atomic mass is 9.87. The van der Waals surface area contributed by atoms with Gasteiger partial charge < -0.3 is 30.9 Å². The number of ether oxygens (including phenoxy) is 1. The van der Waals surface area contributed by atoms with E-state index >= 15 is 0 Å². The largest absolute Gasteiger partial charge is 0.457 e. The molecular formula is C32H37N3O7. The number of ketones is 1. The third kappa shape index (κ3) is 9.83. The average Bonchev–Trinajstić information content (AvgIpc) is 3.00. The SMILES string of the molecule is CC(C)(CO)[C@@H](O)C(=O)NCCC(=O)C(=O)NCc1ccc(C(=O)NCCc2ccc(Oc3ccccc3)cc2)cc1. The van der Waals surface area contributed by atoms with Crippen molar-refractivity contribution in [1.29, 1.82) is 0 Å². The first-order valence-corrected chi connectivity index (χ1v) is 13.7. The molecule has 10 nitrogen and oxygen atoms in total. The van der Waals surface area contributed by atoms with Crippen molar-refractivity contribution in [3.05, 3.63) is 95.6 Å². The second-order valence-corrected chi connectivity index (χ2v) is 10.5. The summed E-state index contributed by atoms with van der Waals surface area (Å²) in [6, 6.07) is 23.9. The molecule has 0 saturated carbocycles. The highest BCUT2D eigenvalue weighted by Crippen LogP contribution is 2.21. The minimum absolute atomic E-state index is 0.0895. The second-order valence-electron chi connectivity index (χ2n) is 10.5. The number of hydrogen-bond acceptors (Lipinski definition) is 7. The van der Waals surface area contributed by atoms with E-state index in [0.29, 0.717) is 24.1 Å². The van der Waals surface area contributed by atoms with Gasteiger partial charge in [-0.25, -0.2) is 0 Å². The first kappa shape index (κ1) is 32.0. The van der Waals surface area contributed by atoms with Gasteiger partial charge >= 0.3 is 0 Å². The van der Waals surface area contributed by atoms with Gasteiger partial charge in [-0.15, -0.1) is 0 Å². The van der Waals surface area contributed by atoms with E-state index in [2.05, 4.69) is 16.0 Å². The van der Waals surface area contributed by atoms with Crippen LogP contribution in [0.5, 0.6) is 11.5 Å². The molecule has 10 heteroatoms. The Hall–Kier alpha value is -4.54. The van der Waals surface area contributed by atoms with Crippen LogP contribution in [0.4, 0.5) is 0 Å². The molecule has 0 heterocycles. The van der Waals surface area contributed by atoms with Gasteiger partial charge in [-0.1, -0.05) is 56.3 Å². The van der Waals surface area contributed by atoms with Crippen molar-refractivity contribution in [1.82, 2.24) is 16.0 Å². The van der Waals surface area contributed by atoms with E-state index in [-0.39, 0.29) is 25.4 Å². The van der Waals surface area contributed by atoms with Crippen molar-refractivity contribution in [3.8, 4) is 11.5 Å². The van der Waals surface area contributed by atoms with Gasteiger partial charge in [0.15, 0.2) is 0 Å². The first-order chi connectivity index (χ1) is 20.1. The summed E-state index contributed by atoms with van der Waals surface area (Å²) in [5.41, 5.74) is 1.19. The number of benzene rings is 3. The van der Waals surface area contributed by atoms with Crippen LogP contribution in [0.1, 0.15) is 41.8 Å². The minimum atomic E-state index is -1.45. The molecule has 0 fully saturated rings. The topological polar surface area (TPSA) is 154 Å². The Kier molecular flexibility index (Phi) is 11.8. The zero-order valence-corrected chi connectivity index (χ0v) is 23.8. The Morgan fingerprint density at radius 2 is 1.40 bits per heavy atom. The van der Waals surface area contributed by atoms with E-state index in [0.717, 1.165) is 17.1 Å². The zero-order chi connectivity index (χ0) is 30.5. The number of rotatable bonds is 15. The number of para-hydroxylation sites is 1. The molecule has 5 N–H and O–H groups in total. The molecule has 0 saturated heterocycles. The third-order valence-electron chi connectivity index (χ3n) is 6.57. The number of nitrogens with one attached hydrogen (secondary N) is 3. The highest BCUT2D eigenvalue weighted by molar-refractivity contribution is 6.36. The quantitative estimate of drug-likeness (QED) is 0.175. The standard InChI is InChI=1S/C32H37N3O7/c1-32(2,21-36)28(38)31(41)34-19-17-27(37)30(40)35-20-23-8-12-24(13-9-23)29(39)33-18-16-22-10-14-26(15-11-22)42-25-6-4-3-5-7-25/h3-15,28,36,38H,16-21H2,1-2H3,(H,33,39)(H,34,41)(H,35,40)/t28-/m0/s1. The van der Waals surface area contributed by atoms with Crippen LogP contribution < -0.4 is 20.7 Å². The molecule has 0 bridgehead atoms. The Morgan fingerprint density at radius 3 is 2.05 bits per heavy atom. The summed E-state index contributed by atoms with van der Waals surface area (Å²) >= 11 is 0. The van der Waals surface area contributed by atoms with Crippen LogP contribution in [-0.4, -0.2) is 59.5 Å². The second kappa shape index (κ2) is 15.5. The monoisotopic (exact) mass is 575 g/mol. The smallest absolute Gasteiger partial charge is 0.287 e. The van der Waals surface area contributed by atoms with Crippen LogP contribution in [0.15, 0.2) is 78.9 Å². The van der Waals surface area contributed by atoms with Crippen LogP contribution in [0.25, 0.3) is 0 Å². The van der Waals surface area contributed by atoms with Crippen LogP contribution in [0, 0.1) is 5.41 Å².